The molecule has 0 spiro atoms. The molecule has 1 saturated carbocycles. The summed E-state index contributed by atoms with van der Waals surface area (Å²) < 4.78 is 0. The predicted octanol–water partition coefficient (Wildman–Crippen LogP) is 4.73. The summed E-state index contributed by atoms with van der Waals surface area (Å²) in [7, 11) is 0. The van der Waals surface area contributed by atoms with Gasteiger partial charge in [0.2, 0.25) is 0 Å². The Hall–Kier alpha value is -1.07. The number of fused-ring (bicyclic) bond motifs is 1. The summed E-state index contributed by atoms with van der Waals surface area (Å²) in [4.78, 5) is 4.85. The zero-order chi connectivity index (χ0) is 13.2. The molecule has 1 unspecified atom stereocenters. The molecule has 0 radical (unpaired) electrons. The number of hydrogen-bond acceptors (Lipinski definition) is 2. The molecule has 100 valence electrons. The minimum absolute atomic E-state index is 0.00541. The highest BCUT2D eigenvalue weighted by Gasteiger charge is 2.26. The predicted molar refractivity (Wildman–Crippen MR) is 76.4 cm³/mol. The lowest BCUT2D eigenvalue weighted by Gasteiger charge is -2.26. The van der Waals surface area contributed by atoms with Crippen molar-refractivity contribution in [3.05, 3.63) is 28.0 Å². The first-order valence-electron chi connectivity index (χ1n) is 7.38. The van der Waals surface area contributed by atoms with Crippen LogP contribution in [0.5, 0.6) is 0 Å². The molecule has 2 aliphatic rings. The minimum Gasteiger partial charge on any atom is -0.256 e. The van der Waals surface area contributed by atoms with E-state index in [2.05, 4.69) is 6.07 Å². The molecule has 0 aromatic carbocycles. The van der Waals surface area contributed by atoms with Gasteiger partial charge in [-0.05, 0) is 43.7 Å². The lowest BCUT2D eigenvalue weighted by Crippen LogP contribution is -2.14. The van der Waals surface area contributed by atoms with Gasteiger partial charge in [0.15, 0.2) is 0 Å². The van der Waals surface area contributed by atoms with Gasteiger partial charge in [-0.15, -0.1) is 0 Å². The number of rotatable bonds is 1. The number of aromatic nitrogens is 1. The molecule has 0 saturated heterocycles. The van der Waals surface area contributed by atoms with Crippen LogP contribution in [0.25, 0.3) is 0 Å². The van der Waals surface area contributed by atoms with Crippen molar-refractivity contribution < 1.29 is 0 Å². The second kappa shape index (κ2) is 5.51. The average Bonchev–Trinajstić information content (AvgIpc) is 2.47. The Labute approximate surface area is 119 Å². The highest BCUT2D eigenvalue weighted by Crippen LogP contribution is 2.39. The van der Waals surface area contributed by atoms with Gasteiger partial charge in [-0.3, -0.25) is 4.98 Å². The van der Waals surface area contributed by atoms with Crippen LogP contribution in [0.15, 0.2) is 6.07 Å². The summed E-state index contributed by atoms with van der Waals surface area (Å²) in [6.45, 7) is 0. The number of pyridine rings is 1. The summed E-state index contributed by atoms with van der Waals surface area (Å²) in [5.74, 6) is 0.531. The van der Waals surface area contributed by atoms with Crippen LogP contribution in [0.4, 0.5) is 0 Å². The highest BCUT2D eigenvalue weighted by atomic mass is 35.5. The van der Waals surface area contributed by atoms with Gasteiger partial charge in [0.05, 0.1) is 22.7 Å². The van der Waals surface area contributed by atoms with E-state index in [-0.39, 0.29) is 5.92 Å². The maximum Gasteiger partial charge on any atom is 0.0731 e. The quantitative estimate of drug-likeness (QED) is 0.742. The van der Waals surface area contributed by atoms with E-state index in [9.17, 15) is 5.26 Å². The van der Waals surface area contributed by atoms with Crippen LogP contribution < -0.4 is 0 Å². The molecule has 2 nitrogen and oxygen atoms in total. The number of halogens is 1. The zero-order valence-corrected chi connectivity index (χ0v) is 11.9. The first-order valence-corrected chi connectivity index (χ1v) is 7.76. The van der Waals surface area contributed by atoms with Gasteiger partial charge in [0.25, 0.3) is 0 Å². The number of aryl methyl sites for hydroxylation is 1. The molecule has 0 N–H and O–H groups in total. The van der Waals surface area contributed by atoms with E-state index in [1.54, 1.807) is 0 Å². The molecule has 1 aromatic rings. The van der Waals surface area contributed by atoms with E-state index in [1.165, 1.54) is 32.1 Å². The monoisotopic (exact) mass is 274 g/mol. The zero-order valence-electron chi connectivity index (χ0n) is 11.2. The summed E-state index contributed by atoms with van der Waals surface area (Å²) in [5, 5.41) is 10.0. The molecule has 3 rings (SSSR count). The van der Waals surface area contributed by atoms with Crippen molar-refractivity contribution in [3.63, 3.8) is 0 Å². The van der Waals surface area contributed by atoms with E-state index in [0.29, 0.717) is 5.92 Å². The topological polar surface area (TPSA) is 36.7 Å². The van der Waals surface area contributed by atoms with E-state index >= 15 is 0 Å². The van der Waals surface area contributed by atoms with E-state index in [1.807, 2.05) is 6.07 Å². The third-order valence-electron chi connectivity index (χ3n) is 4.55. The normalized spacial score (nSPS) is 23.7. The molecule has 0 amide bonds. The van der Waals surface area contributed by atoms with Crippen LogP contribution in [-0.4, -0.2) is 4.98 Å². The summed E-state index contributed by atoms with van der Waals surface area (Å²) >= 11 is 6.44. The third kappa shape index (κ3) is 2.49. The largest absolute Gasteiger partial charge is 0.256 e. The maximum atomic E-state index is 9.23. The van der Waals surface area contributed by atoms with Crippen LogP contribution in [0.2, 0.25) is 5.02 Å². The van der Waals surface area contributed by atoms with E-state index < -0.39 is 0 Å². The van der Waals surface area contributed by atoms with Crippen molar-refractivity contribution in [3.8, 4) is 6.07 Å². The lowest BCUT2D eigenvalue weighted by atomic mass is 9.83. The summed E-state index contributed by atoms with van der Waals surface area (Å²) in [6.07, 6.45) is 9.38. The van der Waals surface area contributed by atoms with Crippen LogP contribution >= 0.6 is 11.6 Å². The summed E-state index contributed by atoms with van der Waals surface area (Å²) in [6, 6.07) is 4.42. The standard InChI is InChI=1S/C16H19ClN2/c17-14-9-13-12(10-18)7-4-8-15(13)19-16(14)11-5-2-1-3-6-11/h9,11-12H,1-8H2. The molecule has 2 aliphatic carbocycles. The van der Waals surface area contributed by atoms with Gasteiger partial charge in [0, 0.05) is 11.6 Å². The third-order valence-corrected chi connectivity index (χ3v) is 4.85. The van der Waals surface area contributed by atoms with Gasteiger partial charge in [-0.2, -0.15) is 5.26 Å². The second-order valence-corrected chi connectivity index (χ2v) is 6.21. The Bertz CT molecular complexity index is 512. The number of hydrogen-bond donors (Lipinski definition) is 0. The van der Waals surface area contributed by atoms with E-state index in [0.717, 1.165) is 41.2 Å². The van der Waals surface area contributed by atoms with Crippen LogP contribution in [0.3, 0.4) is 0 Å². The smallest absolute Gasteiger partial charge is 0.0731 e. The first-order chi connectivity index (χ1) is 9.29. The van der Waals surface area contributed by atoms with Crippen LogP contribution in [0.1, 0.15) is 73.7 Å². The van der Waals surface area contributed by atoms with Crippen molar-refractivity contribution >= 4 is 11.6 Å². The van der Waals surface area contributed by atoms with Gasteiger partial charge in [-0.1, -0.05) is 30.9 Å². The molecule has 19 heavy (non-hydrogen) atoms. The fraction of sp³-hybridized carbons (Fsp3) is 0.625. The van der Waals surface area contributed by atoms with Crippen molar-refractivity contribution in [1.29, 1.82) is 5.26 Å². The van der Waals surface area contributed by atoms with E-state index in [4.69, 9.17) is 16.6 Å². The van der Waals surface area contributed by atoms with Crippen molar-refractivity contribution in [2.75, 3.05) is 0 Å². The average molecular weight is 275 g/mol. The van der Waals surface area contributed by atoms with Crippen molar-refractivity contribution in [2.24, 2.45) is 0 Å². The molecular weight excluding hydrogens is 256 g/mol. The molecule has 0 bridgehead atoms. The Kier molecular flexibility index (Phi) is 3.75. The van der Waals surface area contributed by atoms with Crippen molar-refractivity contribution in [1.82, 2.24) is 4.98 Å². The molecule has 3 heteroatoms. The number of nitrogens with zero attached hydrogens (tertiary/aromatic N) is 2. The van der Waals surface area contributed by atoms with Crippen LogP contribution in [-0.2, 0) is 6.42 Å². The van der Waals surface area contributed by atoms with Gasteiger partial charge in [0.1, 0.15) is 0 Å². The van der Waals surface area contributed by atoms with Gasteiger partial charge in [-0.25, -0.2) is 0 Å². The molecule has 1 aromatic heterocycles. The van der Waals surface area contributed by atoms with Gasteiger partial charge < -0.3 is 0 Å². The lowest BCUT2D eigenvalue weighted by molar-refractivity contribution is 0.435. The first kappa shape index (κ1) is 12.9. The maximum absolute atomic E-state index is 9.23. The summed E-state index contributed by atoms with van der Waals surface area (Å²) in [5.41, 5.74) is 3.31. The highest BCUT2D eigenvalue weighted by molar-refractivity contribution is 6.31. The van der Waals surface area contributed by atoms with Gasteiger partial charge >= 0.3 is 0 Å². The fourth-order valence-electron chi connectivity index (χ4n) is 3.48. The molecule has 1 heterocycles. The minimum atomic E-state index is -0.00541. The molecule has 1 fully saturated rings. The molecule has 0 aliphatic heterocycles. The fourth-order valence-corrected chi connectivity index (χ4v) is 3.80. The molecule has 1 atom stereocenters. The Balaban J connectivity index is 1.97. The molecular formula is C16H19ClN2. The van der Waals surface area contributed by atoms with Crippen molar-refractivity contribution in [2.45, 2.75) is 63.2 Å². The number of nitriles is 1. The van der Waals surface area contributed by atoms with Crippen LogP contribution in [0, 0.1) is 11.3 Å². The Morgan fingerprint density at radius 3 is 2.68 bits per heavy atom. The second-order valence-electron chi connectivity index (χ2n) is 5.80. The SMILES string of the molecule is N#CC1CCCc2nc(C3CCCCC3)c(Cl)cc21. The Morgan fingerprint density at radius 2 is 1.95 bits per heavy atom. The Morgan fingerprint density at radius 1 is 1.16 bits per heavy atom.